The van der Waals surface area contributed by atoms with Gasteiger partial charge in [-0.1, -0.05) is 0 Å². The largest absolute Gasteiger partial charge is 0.462 e. The highest BCUT2D eigenvalue weighted by atomic mass is 32.2. The van der Waals surface area contributed by atoms with E-state index in [1.54, 1.807) is 19.1 Å². The van der Waals surface area contributed by atoms with E-state index in [1.165, 1.54) is 19.3 Å². The lowest BCUT2D eigenvalue weighted by atomic mass is 9.56. The number of hydrogen-bond acceptors (Lipinski definition) is 3. The summed E-state index contributed by atoms with van der Waals surface area (Å²) in [6.45, 7) is 2.16. The third-order valence-electron chi connectivity index (χ3n) is 5.98. The summed E-state index contributed by atoms with van der Waals surface area (Å²) in [7, 11) is -1.06. The molecule has 0 amide bonds. The summed E-state index contributed by atoms with van der Waals surface area (Å²) >= 11 is 0. The second kappa shape index (κ2) is 6.17. The molecule has 0 spiro atoms. The van der Waals surface area contributed by atoms with E-state index >= 15 is 0 Å². The van der Waals surface area contributed by atoms with Crippen LogP contribution in [-0.4, -0.2) is 21.5 Å². The molecule has 0 aliphatic heterocycles. The molecule has 0 heterocycles. The van der Waals surface area contributed by atoms with Crippen molar-refractivity contribution in [3.8, 4) is 0 Å². The van der Waals surface area contributed by atoms with Gasteiger partial charge in [0.1, 0.15) is 11.0 Å². The molecule has 1 atom stereocenters. The Hall–Kier alpha value is -1.36. The zero-order valence-electron chi connectivity index (χ0n) is 14.1. The zero-order valence-corrected chi connectivity index (χ0v) is 14.9. The number of ether oxygens (including phenoxy) is 1. The maximum atomic E-state index is 13.1. The van der Waals surface area contributed by atoms with Crippen LogP contribution in [0, 0.1) is 17.8 Å². The third kappa shape index (κ3) is 2.87. The maximum Gasteiger partial charge on any atom is 0.338 e. The lowest BCUT2D eigenvalue weighted by molar-refractivity contribution is 0.0363. The molecular weight excluding hydrogens is 322 g/mol. The van der Waals surface area contributed by atoms with Crippen LogP contribution >= 0.6 is 0 Å². The Kier molecular flexibility index (Phi) is 4.15. The normalized spacial score (nSPS) is 34.8. The predicted octanol–water partition coefficient (Wildman–Crippen LogP) is 3.91. The highest BCUT2D eigenvalue weighted by Crippen LogP contribution is 2.57. The summed E-state index contributed by atoms with van der Waals surface area (Å²) in [5.74, 6) is 2.04. The Morgan fingerprint density at radius 2 is 1.67 bits per heavy atom. The van der Waals surface area contributed by atoms with Gasteiger partial charge in [-0.2, -0.15) is 0 Å². The van der Waals surface area contributed by atoms with Crippen LogP contribution < -0.4 is 4.72 Å². The lowest BCUT2D eigenvalue weighted by Gasteiger charge is -2.55. The Bertz CT molecular complexity index is 620. The quantitative estimate of drug-likeness (QED) is 0.822. The molecule has 0 radical (unpaired) electrons. The van der Waals surface area contributed by atoms with Gasteiger partial charge in [-0.15, -0.1) is 0 Å². The van der Waals surface area contributed by atoms with Crippen molar-refractivity contribution in [3.05, 3.63) is 29.8 Å². The van der Waals surface area contributed by atoms with E-state index < -0.39 is 11.0 Å². The van der Waals surface area contributed by atoms with E-state index in [-0.39, 0.29) is 10.7 Å². The number of benzene rings is 1. The Morgan fingerprint density at radius 3 is 2.17 bits per heavy atom. The predicted molar refractivity (Wildman–Crippen MR) is 95.1 cm³/mol. The number of hydrogen-bond donors (Lipinski definition) is 1. The van der Waals surface area contributed by atoms with Gasteiger partial charge in [-0.3, -0.25) is 0 Å². The molecule has 4 fully saturated rings. The summed E-state index contributed by atoms with van der Waals surface area (Å²) < 4.78 is 21.3. The van der Waals surface area contributed by atoms with E-state index in [2.05, 4.69) is 4.72 Å². The minimum atomic E-state index is -1.06. The van der Waals surface area contributed by atoms with Crippen molar-refractivity contribution in [1.29, 1.82) is 0 Å². The first-order chi connectivity index (χ1) is 11.6. The summed E-state index contributed by atoms with van der Waals surface area (Å²) in [5, 5.41) is 0. The first-order valence-corrected chi connectivity index (χ1v) is 10.2. The average Bonchev–Trinajstić information content (AvgIpc) is 2.54. The fourth-order valence-corrected chi connectivity index (χ4v) is 7.09. The zero-order chi connectivity index (χ0) is 16.7. The van der Waals surface area contributed by atoms with Gasteiger partial charge in [0.15, 0.2) is 0 Å². The van der Waals surface area contributed by atoms with Crippen molar-refractivity contribution in [2.75, 3.05) is 11.3 Å². The molecule has 0 saturated heterocycles. The van der Waals surface area contributed by atoms with Crippen molar-refractivity contribution in [1.82, 2.24) is 0 Å². The second-order valence-electron chi connectivity index (χ2n) is 7.77. The van der Waals surface area contributed by atoms with Crippen molar-refractivity contribution in [3.63, 3.8) is 0 Å². The van der Waals surface area contributed by atoms with E-state index in [9.17, 15) is 9.00 Å². The summed E-state index contributed by atoms with van der Waals surface area (Å²) in [4.78, 5) is 11.7. The Balaban J connectivity index is 1.45. The van der Waals surface area contributed by atoms with E-state index in [4.69, 9.17) is 4.74 Å². The molecule has 4 aliphatic carbocycles. The molecule has 4 nitrogen and oxygen atoms in total. The molecule has 1 aromatic carbocycles. The van der Waals surface area contributed by atoms with Crippen LogP contribution in [0.4, 0.5) is 5.69 Å². The minimum Gasteiger partial charge on any atom is -0.462 e. The number of esters is 1. The molecule has 1 aromatic rings. The summed E-state index contributed by atoms with van der Waals surface area (Å²) in [6.07, 6.45) is 7.39. The van der Waals surface area contributed by atoms with E-state index in [1.807, 2.05) is 12.1 Å². The molecule has 0 unspecified atom stereocenters. The molecule has 130 valence electrons. The minimum absolute atomic E-state index is 0.0332. The number of anilines is 1. The number of carbonyl (C=O) groups excluding carboxylic acids is 1. The van der Waals surface area contributed by atoms with Crippen LogP contribution in [-0.2, 0) is 15.7 Å². The number of nitrogens with one attached hydrogen (secondary N) is 1. The molecule has 1 N–H and O–H groups in total. The van der Waals surface area contributed by atoms with Crippen molar-refractivity contribution in [2.45, 2.75) is 50.2 Å². The smallest absolute Gasteiger partial charge is 0.338 e. The van der Waals surface area contributed by atoms with Gasteiger partial charge in [0.05, 0.1) is 16.9 Å². The fraction of sp³-hybridized carbons (Fsp3) is 0.632. The van der Waals surface area contributed by atoms with Gasteiger partial charge in [-0.25, -0.2) is 9.00 Å². The van der Waals surface area contributed by atoms with Gasteiger partial charge >= 0.3 is 5.97 Å². The van der Waals surface area contributed by atoms with Crippen LogP contribution in [0.3, 0.4) is 0 Å². The molecule has 4 saturated carbocycles. The molecular formula is C19H25NO3S. The van der Waals surface area contributed by atoms with Gasteiger partial charge in [0.25, 0.3) is 0 Å². The van der Waals surface area contributed by atoms with Crippen LogP contribution in [0.25, 0.3) is 0 Å². The average molecular weight is 347 g/mol. The molecule has 4 bridgehead atoms. The first-order valence-electron chi connectivity index (χ1n) is 9.04. The molecule has 5 rings (SSSR count). The summed E-state index contributed by atoms with van der Waals surface area (Å²) in [5.41, 5.74) is 1.35. The highest BCUT2D eigenvalue weighted by molar-refractivity contribution is 7.87. The van der Waals surface area contributed by atoms with Gasteiger partial charge in [0.2, 0.25) is 0 Å². The molecule has 0 aromatic heterocycles. The topological polar surface area (TPSA) is 55.4 Å². The summed E-state index contributed by atoms with van der Waals surface area (Å²) in [6, 6.07) is 7.11. The Labute approximate surface area is 145 Å². The maximum absolute atomic E-state index is 13.1. The van der Waals surface area contributed by atoms with Gasteiger partial charge in [0, 0.05) is 5.69 Å². The molecule has 4 aliphatic rings. The van der Waals surface area contributed by atoms with Crippen molar-refractivity contribution in [2.24, 2.45) is 17.8 Å². The standard InChI is InChI=1S/C19H25NO3S/c1-2-23-18(21)16-3-5-17(6-4-16)20-24(22)19-10-13-7-14(11-19)9-15(8-13)12-19/h3-6,13-15,20H,2,7-12H2,1H3/t13?,14?,15?,19?,24-/m1/s1. The number of carbonyl (C=O) groups is 1. The monoisotopic (exact) mass is 347 g/mol. The number of rotatable bonds is 5. The second-order valence-corrected chi connectivity index (χ2v) is 9.38. The van der Waals surface area contributed by atoms with Crippen LogP contribution in [0.1, 0.15) is 55.8 Å². The van der Waals surface area contributed by atoms with Crippen molar-refractivity contribution < 1.29 is 13.7 Å². The van der Waals surface area contributed by atoms with Crippen LogP contribution in [0.15, 0.2) is 24.3 Å². The van der Waals surface area contributed by atoms with Crippen molar-refractivity contribution >= 4 is 22.6 Å². The first kappa shape index (κ1) is 16.1. The van der Waals surface area contributed by atoms with Crippen LogP contribution in [0.5, 0.6) is 0 Å². The lowest BCUT2D eigenvalue weighted by Crippen LogP contribution is -2.54. The van der Waals surface area contributed by atoms with Gasteiger partial charge in [-0.05, 0) is 87.5 Å². The van der Waals surface area contributed by atoms with Gasteiger partial charge < -0.3 is 9.46 Å². The third-order valence-corrected chi connectivity index (χ3v) is 7.69. The highest BCUT2D eigenvalue weighted by Gasteiger charge is 2.54. The van der Waals surface area contributed by atoms with E-state index in [0.717, 1.165) is 42.7 Å². The molecule has 24 heavy (non-hydrogen) atoms. The molecule has 5 heteroatoms. The fourth-order valence-electron chi connectivity index (χ4n) is 5.36. The Morgan fingerprint density at radius 1 is 1.12 bits per heavy atom. The van der Waals surface area contributed by atoms with Crippen LogP contribution in [0.2, 0.25) is 0 Å². The SMILES string of the molecule is CCOC(=O)c1ccc(N[S@](=O)C23CC4CC(CC(C4)C2)C3)cc1. The van der Waals surface area contributed by atoms with E-state index in [0.29, 0.717) is 12.2 Å².